The SMILES string of the molecule is CN(C(=O)NCc1ccsc1)C(C)(C)C(=O)O. The molecule has 0 radical (unpaired) electrons. The molecular formula is C11H16N2O3S. The van der Waals surface area contributed by atoms with Crippen molar-refractivity contribution in [1.82, 2.24) is 10.2 Å². The normalized spacial score (nSPS) is 11.0. The van der Waals surface area contributed by atoms with Crippen molar-refractivity contribution < 1.29 is 14.7 Å². The standard InChI is InChI=1S/C11H16N2O3S/c1-11(2,9(14)15)13(3)10(16)12-6-8-4-5-17-7-8/h4-5,7H,6H2,1-3H3,(H,12,16)(H,14,15). The second-order valence-electron chi connectivity index (χ2n) is 4.21. The summed E-state index contributed by atoms with van der Waals surface area (Å²) in [5, 5.41) is 15.5. The van der Waals surface area contributed by atoms with Crippen molar-refractivity contribution in [2.75, 3.05) is 7.05 Å². The van der Waals surface area contributed by atoms with E-state index in [4.69, 9.17) is 5.11 Å². The molecule has 17 heavy (non-hydrogen) atoms. The number of likely N-dealkylation sites (N-methyl/N-ethyl adjacent to an activating group) is 1. The highest BCUT2D eigenvalue weighted by molar-refractivity contribution is 7.07. The molecule has 2 N–H and O–H groups in total. The highest BCUT2D eigenvalue weighted by Crippen LogP contribution is 2.13. The van der Waals surface area contributed by atoms with E-state index in [0.29, 0.717) is 6.54 Å². The average Bonchev–Trinajstić information content (AvgIpc) is 2.77. The maximum absolute atomic E-state index is 11.7. The predicted octanol–water partition coefficient (Wildman–Crippen LogP) is 1.75. The van der Waals surface area contributed by atoms with Crippen LogP contribution in [0.4, 0.5) is 4.79 Å². The first kappa shape index (κ1) is 13.5. The van der Waals surface area contributed by atoms with Crippen LogP contribution in [0.3, 0.4) is 0 Å². The maximum Gasteiger partial charge on any atom is 0.329 e. The lowest BCUT2D eigenvalue weighted by atomic mass is 10.1. The lowest BCUT2D eigenvalue weighted by Gasteiger charge is -2.31. The first-order chi connectivity index (χ1) is 7.85. The van der Waals surface area contributed by atoms with Crippen molar-refractivity contribution in [3.63, 3.8) is 0 Å². The highest BCUT2D eigenvalue weighted by atomic mass is 32.1. The summed E-state index contributed by atoms with van der Waals surface area (Å²) in [5.41, 5.74) is -0.219. The molecule has 1 heterocycles. The summed E-state index contributed by atoms with van der Waals surface area (Å²) in [4.78, 5) is 23.9. The molecular weight excluding hydrogens is 240 g/mol. The molecule has 0 bridgehead atoms. The Morgan fingerprint density at radius 2 is 2.18 bits per heavy atom. The van der Waals surface area contributed by atoms with Crippen LogP contribution in [0.5, 0.6) is 0 Å². The number of carbonyl (C=O) groups is 2. The Morgan fingerprint density at radius 3 is 2.65 bits per heavy atom. The lowest BCUT2D eigenvalue weighted by molar-refractivity contribution is -0.146. The van der Waals surface area contributed by atoms with E-state index in [1.165, 1.54) is 25.8 Å². The molecule has 0 saturated carbocycles. The van der Waals surface area contributed by atoms with Crippen LogP contribution in [-0.4, -0.2) is 34.6 Å². The number of aliphatic carboxylic acids is 1. The topological polar surface area (TPSA) is 69.6 Å². The van der Waals surface area contributed by atoms with Crippen molar-refractivity contribution in [3.05, 3.63) is 22.4 Å². The van der Waals surface area contributed by atoms with Crippen LogP contribution in [0.25, 0.3) is 0 Å². The molecule has 0 atom stereocenters. The molecule has 94 valence electrons. The summed E-state index contributed by atoms with van der Waals surface area (Å²) < 4.78 is 0. The van der Waals surface area contributed by atoms with Gasteiger partial charge in [0.1, 0.15) is 5.54 Å². The third kappa shape index (κ3) is 3.20. The van der Waals surface area contributed by atoms with E-state index in [0.717, 1.165) is 5.56 Å². The van der Waals surface area contributed by atoms with Gasteiger partial charge < -0.3 is 15.3 Å². The van der Waals surface area contributed by atoms with Crippen LogP contribution in [0.15, 0.2) is 16.8 Å². The molecule has 0 fully saturated rings. The fourth-order valence-electron chi connectivity index (χ4n) is 1.09. The van der Waals surface area contributed by atoms with Gasteiger partial charge in [0.25, 0.3) is 0 Å². The Hall–Kier alpha value is -1.56. The van der Waals surface area contributed by atoms with Crippen molar-refractivity contribution >= 4 is 23.3 Å². The lowest BCUT2D eigenvalue weighted by Crippen LogP contribution is -2.53. The monoisotopic (exact) mass is 256 g/mol. The minimum atomic E-state index is -1.22. The van der Waals surface area contributed by atoms with Crippen molar-refractivity contribution in [3.8, 4) is 0 Å². The maximum atomic E-state index is 11.7. The van der Waals surface area contributed by atoms with Crippen molar-refractivity contribution in [2.45, 2.75) is 25.9 Å². The van der Waals surface area contributed by atoms with E-state index >= 15 is 0 Å². The summed E-state index contributed by atoms with van der Waals surface area (Å²) in [7, 11) is 1.47. The highest BCUT2D eigenvalue weighted by Gasteiger charge is 2.35. The summed E-state index contributed by atoms with van der Waals surface area (Å²) in [6.07, 6.45) is 0. The van der Waals surface area contributed by atoms with Crippen LogP contribution in [0, 0.1) is 0 Å². The molecule has 0 unspecified atom stereocenters. The van der Waals surface area contributed by atoms with Gasteiger partial charge in [-0.3, -0.25) is 0 Å². The number of urea groups is 1. The fourth-order valence-corrected chi connectivity index (χ4v) is 1.76. The number of thiophene rings is 1. The van der Waals surface area contributed by atoms with Gasteiger partial charge in [-0.25, -0.2) is 9.59 Å². The number of hydrogen-bond acceptors (Lipinski definition) is 3. The van der Waals surface area contributed by atoms with Crippen LogP contribution < -0.4 is 5.32 Å². The number of carbonyl (C=O) groups excluding carboxylic acids is 1. The molecule has 1 aromatic heterocycles. The molecule has 0 saturated heterocycles. The Bertz CT molecular complexity index is 401. The van der Waals surface area contributed by atoms with Gasteiger partial charge in [0, 0.05) is 13.6 Å². The number of nitrogens with one attached hydrogen (secondary N) is 1. The van der Waals surface area contributed by atoms with Gasteiger partial charge in [-0.05, 0) is 36.2 Å². The number of hydrogen-bond donors (Lipinski definition) is 2. The fraction of sp³-hybridized carbons (Fsp3) is 0.455. The second kappa shape index (κ2) is 5.18. The van der Waals surface area contributed by atoms with E-state index < -0.39 is 17.5 Å². The molecule has 0 aliphatic carbocycles. The number of carboxylic acid groups (broad SMARTS) is 1. The van der Waals surface area contributed by atoms with Crippen LogP contribution in [-0.2, 0) is 11.3 Å². The molecule has 0 aromatic carbocycles. The molecule has 0 aliphatic heterocycles. The zero-order chi connectivity index (χ0) is 13.1. The van der Waals surface area contributed by atoms with E-state index in [2.05, 4.69) is 5.32 Å². The van der Waals surface area contributed by atoms with Crippen molar-refractivity contribution in [2.24, 2.45) is 0 Å². The number of amides is 2. The van der Waals surface area contributed by atoms with E-state index in [1.54, 1.807) is 11.3 Å². The third-order valence-electron chi connectivity index (χ3n) is 2.69. The minimum absolute atomic E-state index is 0.399. The van der Waals surface area contributed by atoms with Gasteiger partial charge >= 0.3 is 12.0 Å². The van der Waals surface area contributed by atoms with Gasteiger partial charge in [-0.2, -0.15) is 11.3 Å². The summed E-state index contributed by atoms with van der Waals surface area (Å²) in [6, 6.07) is 1.51. The molecule has 6 heteroatoms. The summed E-state index contributed by atoms with van der Waals surface area (Å²) in [6.45, 7) is 3.38. The van der Waals surface area contributed by atoms with Crippen LogP contribution in [0.2, 0.25) is 0 Å². The average molecular weight is 256 g/mol. The number of rotatable bonds is 4. The number of carboxylic acids is 1. The predicted molar refractivity (Wildman–Crippen MR) is 66.0 cm³/mol. The molecule has 0 aliphatic rings. The Kier molecular flexibility index (Phi) is 4.11. The Morgan fingerprint density at radius 1 is 1.53 bits per heavy atom. The van der Waals surface area contributed by atoms with Gasteiger partial charge in [0.15, 0.2) is 0 Å². The Balaban J connectivity index is 2.56. The number of nitrogens with zero attached hydrogens (tertiary/aromatic N) is 1. The van der Waals surface area contributed by atoms with Gasteiger partial charge in [-0.1, -0.05) is 0 Å². The quantitative estimate of drug-likeness (QED) is 0.862. The zero-order valence-corrected chi connectivity index (χ0v) is 10.9. The molecule has 1 rings (SSSR count). The van der Waals surface area contributed by atoms with Gasteiger partial charge in [0.05, 0.1) is 0 Å². The zero-order valence-electron chi connectivity index (χ0n) is 10.1. The summed E-state index contributed by atoms with van der Waals surface area (Å²) >= 11 is 1.55. The molecule has 1 aromatic rings. The van der Waals surface area contributed by atoms with E-state index in [-0.39, 0.29) is 0 Å². The first-order valence-corrected chi connectivity index (χ1v) is 6.06. The van der Waals surface area contributed by atoms with Crippen molar-refractivity contribution in [1.29, 1.82) is 0 Å². The molecule has 5 nitrogen and oxygen atoms in total. The second-order valence-corrected chi connectivity index (χ2v) is 4.99. The molecule has 0 spiro atoms. The molecule has 2 amide bonds. The van der Waals surface area contributed by atoms with E-state index in [1.807, 2.05) is 16.8 Å². The largest absolute Gasteiger partial charge is 0.480 e. The van der Waals surface area contributed by atoms with E-state index in [9.17, 15) is 9.59 Å². The van der Waals surface area contributed by atoms with Gasteiger partial charge in [0.2, 0.25) is 0 Å². The third-order valence-corrected chi connectivity index (χ3v) is 3.42. The minimum Gasteiger partial charge on any atom is -0.480 e. The summed E-state index contributed by atoms with van der Waals surface area (Å²) in [5.74, 6) is -1.04. The van der Waals surface area contributed by atoms with Crippen LogP contribution in [0.1, 0.15) is 19.4 Å². The van der Waals surface area contributed by atoms with Gasteiger partial charge in [-0.15, -0.1) is 0 Å². The first-order valence-electron chi connectivity index (χ1n) is 5.12. The Labute approximate surface area is 104 Å². The van der Waals surface area contributed by atoms with Crippen LogP contribution >= 0.6 is 11.3 Å². The smallest absolute Gasteiger partial charge is 0.329 e.